The van der Waals surface area contributed by atoms with Crippen LogP contribution in [0.3, 0.4) is 0 Å². The van der Waals surface area contributed by atoms with E-state index in [1.165, 1.54) is 34.7 Å². The van der Waals surface area contributed by atoms with Gasteiger partial charge in [-0.25, -0.2) is 0 Å². The number of oxime groups is 1. The standard InChI is InChI=1S/C18H10BrClF6INO/c19-8-10-2-1-9(3-14(10)20)15-7-16(29-28-15,18(24,25)26)11-4-12(17(21,22)23)6-13(27)5-11/h1-6H,7-8H2. The first-order valence-corrected chi connectivity index (χ1v) is 10.5. The predicted molar refractivity (Wildman–Crippen MR) is 108 cm³/mol. The van der Waals surface area contributed by atoms with Crippen LogP contribution in [0.1, 0.15) is 28.7 Å². The maximum absolute atomic E-state index is 14.0. The molecule has 2 aromatic carbocycles. The molecule has 0 saturated heterocycles. The molecule has 0 aromatic heterocycles. The molecule has 0 amide bonds. The van der Waals surface area contributed by atoms with Gasteiger partial charge in [0.2, 0.25) is 0 Å². The molecule has 2 aromatic rings. The second-order valence-corrected chi connectivity index (χ2v) is 8.51. The first-order valence-electron chi connectivity index (χ1n) is 7.92. The number of halogens is 9. The van der Waals surface area contributed by atoms with Gasteiger partial charge in [0.05, 0.1) is 11.3 Å². The SMILES string of the molecule is FC(F)(F)c1cc(I)cc(C2(C(F)(F)F)CC(c3ccc(CBr)c(Cl)c3)=NO2)c1. The van der Waals surface area contributed by atoms with Gasteiger partial charge in [0, 0.05) is 31.5 Å². The molecule has 3 rings (SSSR count). The average molecular weight is 613 g/mol. The van der Waals surface area contributed by atoms with E-state index in [0.29, 0.717) is 22.0 Å². The molecule has 1 heterocycles. The Kier molecular flexibility index (Phi) is 6.19. The van der Waals surface area contributed by atoms with Crippen molar-refractivity contribution in [3.05, 3.63) is 67.2 Å². The molecular weight excluding hydrogens is 602 g/mol. The van der Waals surface area contributed by atoms with Crippen LogP contribution in [-0.2, 0) is 21.9 Å². The predicted octanol–water partition coefficient (Wildman–Crippen LogP) is 7.44. The third-order valence-corrected chi connectivity index (χ3v) is 5.99. The van der Waals surface area contributed by atoms with Crippen LogP contribution in [0.25, 0.3) is 0 Å². The number of alkyl halides is 7. The summed E-state index contributed by atoms with van der Waals surface area (Å²) in [4.78, 5) is 4.82. The van der Waals surface area contributed by atoms with E-state index in [-0.39, 0.29) is 9.28 Å². The van der Waals surface area contributed by atoms with E-state index in [1.807, 2.05) is 0 Å². The number of benzene rings is 2. The van der Waals surface area contributed by atoms with Gasteiger partial charge in [-0.05, 0) is 52.4 Å². The second kappa shape index (κ2) is 7.92. The van der Waals surface area contributed by atoms with Crippen LogP contribution in [0, 0.1) is 3.57 Å². The highest BCUT2D eigenvalue weighted by molar-refractivity contribution is 14.1. The summed E-state index contributed by atoms with van der Waals surface area (Å²) in [6.45, 7) is 0. The van der Waals surface area contributed by atoms with Gasteiger partial charge in [0.15, 0.2) is 0 Å². The maximum Gasteiger partial charge on any atom is 0.435 e. The molecule has 1 aliphatic rings. The maximum atomic E-state index is 14.0. The lowest BCUT2D eigenvalue weighted by Gasteiger charge is -2.30. The summed E-state index contributed by atoms with van der Waals surface area (Å²) in [6.07, 6.45) is -10.6. The van der Waals surface area contributed by atoms with Crippen molar-refractivity contribution in [3.8, 4) is 0 Å². The summed E-state index contributed by atoms with van der Waals surface area (Å²) in [6, 6.07) is 6.84. The third-order valence-electron chi connectivity index (χ3n) is 4.41. The summed E-state index contributed by atoms with van der Waals surface area (Å²) < 4.78 is 81.5. The molecule has 2 nitrogen and oxygen atoms in total. The van der Waals surface area contributed by atoms with Gasteiger partial charge in [0.1, 0.15) is 0 Å². The summed E-state index contributed by atoms with van der Waals surface area (Å²) in [7, 11) is 0. The minimum absolute atomic E-state index is 0.00202. The number of nitrogens with zero attached hydrogens (tertiary/aromatic N) is 1. The lowest BCUT2D eigenvalue weighted by Crippen LogP contribution is -2.43. The Morgan fingerprint density at radius 3 is 2.34 bits per heavy atom. The second-order valence-electron chi connectivity index (χ2n) is 6.30. The van der Waals surface area contributed by atoms with Crippen molar-refractivity contribution in [3.63, 3.8) is 0 Å². The lowest BCUT2D eigenvalue weighted by molar-refractivity contribution is -0.276. The fourth-order valence-electron chi connectivity index (χ4n) is 2.88. The van der Waals surface area contributed by atoms with Gasteiger partial charge < -0.3 is 4.84 Å². The first kappa shape index (κ1) is 22.7. The van der Waals surface area contributed by atoms with Crippen molar-refractivity contribution in [2.45, 2.75) is 29.7 Å². The van der Waals surface area contributed by atoms with Crippen molar-refractivity contribution in [1.82, 2.24) is 0 Å². The van der Waals surface area contributed by atoms with E-state index in [1.54, 1.807) is 6.07 Å². The van der Waals surface area contributed by atoms with Crippen molar-refractivity contribution >= 4 is 55.8 Å². The number of hydrogen-bond acceptors (Lipinski definition) is 2. The van der Waals surface area contributed by atoms with Gasteiger partial charge in [-0.2, -0.15) is 26.3 Å². The largest absolute Gasteiger partial charge is 0.435 e. The molecule has 1 unspecified atom stereocenters. The molecule has 1 atom stereocenters. The smallest absolute Gasteiger partial charge is 0.374 e. The summed E-state index contributed by atoms with van der Waals surface area (Å²) in [5.74, 6) is 0. The summed E-state index contributed by atoms with van der Waals surface area (Å²) in [5, 5.41) is 4.33. The zero-order chi connectivity index (χ0) is 21.6. The van der Waals surface area contributed by atoms with Crippen LogP contribution in [0.2, 0.25) is 5.02 Å². The average Bonchev–Trinajstić information content (AvgIpc) is 3.07. The molecule has 0 bridgehead atoms. The Morgan fingerprint density at radius 2 is 1.79 bits per heavy atom. The van der Waals surface area contributed by atoms with Crippen LogP contribution in [-0.4, -0.2) is 11.9 Å². The molecule has 0 N–H and O–H groups in total. The van der Waals surface area contributed by atoms with E-state index in [2.05, 4.69) is 21.1 Å². The minimum atomic E-state index is -5.01. The van der Waals surface area contributed by atoms with Crippen LogP contribution in [0.15, 0.2) is 41.6 Å². The van der Waals surface area contributed by atoms with Crippen molar-refractivity contribution < 1.29 is 31.2 Å². The Morgan fingerprint density at radius 1 is 1.10 bits per heavy atom. The van der Waals surface area contributed by atoms with Crippen molar-refractivity contribution in [1.29, 1.82) is 0 Å². The minimum Gasteiger partial charge on any atom is -0.374 e. The monoisotopic (exact) mass is 611 g/mol. The molecule has 0 aliphatic carbocycles. The van der Waals surface area contributed by atoms with Crippen molar-refractivity contribution in [2.24, 2.45) is 5.16 Å². The van der Waals surface area contributed by atoms with E-state index in [9.17, 15) is 26.3 Å². The highest BCUT2D eigenvalue weighted by Crippen LogP contribution is 2.50. The molecular formula is C18H10BrClF6INO. The van der Waals surface area contributed by atoms with E-state index >= 15 is 0 Å². The molecule has 0 fully saturated rings. The molecule has 156 valence electrons. The van der Waals surface area contributed by atoms with Crippen LogP contribution in [0.5, 0.6) is 0 Å². The van der Waals surface area contributed by atoms with Crippen LogP contribution >= 0.6 is 50.1 Å². The normalized spacial score (nSPS) is 19.8. The Hall–Kier alpha value is -1.01. The molecule has 0 spiro atoms. The highest BCUT2D eigenvalue weighted by Gasteiger charge is 2.62. The highest BCUT2D eigenvalue weighted by atomic mass is 127. The number of rotatable bonds is 3. The fourth-order valence-corrected chi connectivity index (χ4v) is 4.45. The van der Waals surface area contributed by atoms with Gasteiger partial charge in [0.25, 0.3) is 5.60 Å². The zero-order valence-corrected chi connectivity index (χ0v) is 18.6. The summed E-state index contributed by atoms with van der Waals surface area (Å²) in [5.41, 5.74) is -3.91. The Balaban J connectivity index is 2.06. The third kappa shape index (κ3) is 4.39. The van der Waals surface area contributed by atoms with Gasteiger partial charge >= 0.3 is 12.4 Å². The molecule has 11 heteroatoms. The van der Waals surface area contributed by atoms with Gasteiger partial charge in [-0.15, -0.1) is 0 Å². The molecule has 1 aliphatic heterocycles. The van der Waals surface area contributed by atoms with Crippen LogP contribution < -0.4 is 0 Å². The number of hydrogen-bond donors (Lipinski definition) is 0. The summed E-state index contributed by atoms with van der Waals surface area (Å²) >= 11 is 10.9. The lowest BCUT2D eigenvalue weighted by atomic mass is 9.85. The molecule has 29 heavy (non-hydrogen) atoms. The van der Waals surface area contributed by atoms with E-state index < -0.39 is 35.5 Å². The molecule has 0 radical (unpaired) electrons. The fraction of sp³-hybridized carbons (Fsp3) is 0.278. The van der Waals surface area contributed by atoms with Gasteiger partial charge in [-0.3, -0.25) is 0 Å². The first-order chi connectivity index (χ1) is 13.4. The van der Waals surface area contributed by atoms with Crippen LogP contribution in [0.4, 0.5) is 26.3 Å². The topological polar surface area (TPSA) is 21.6 Å². The van der Waals surface area contributed by atoms with E-state index in [0.717, 1.165) is 17.7 Å². The Labute approximate surface area is 188 Å². The van der Waals surface area contributed by atoms with E-state index in [4.69, 9.17) is 16.4 Å². The zero-order valence-electron chi connectivity index (χ0n) is 14.1. The molecule has 0 saturated carbocycles. The Bertz CT molecular complexity index is 978. The van der Waals surface area contributed by atoms with Gasteiger partial charge in [-0.1, -0.05) is 44.8 Å². The van der Waals surface area contributed by atoms with Crippen molar-refractivity contribution in [2.75, 3.05) is 0 Å². The quantitative estimate of drug-likeness (QED) is 0.201.